The fourth-order valence-corrected chi connectivity index (χ4v) is 1.77. The van der Waals surface area contributed by atoms with Crippen molar-refractivity contribution in [1.29, 1.82) is 5.41 Å². The van der Waals surface area contributed by atoms with Gasteiger partial charge in [0.1, 0.15) is 6.04 Å². The minimum atomic E-state index is -0.954. The van der Waals surface area contributed by atoms with E-state index in [1.54, 1.807) is 38.1 Å². The number of rotatable bonds is 8. The summed E-state index contributed by atoms with van der Waals surface area (Å²) in [6, 6.07) is 7.24. The van der Waals surface area contributed by atoms with Crippen molar-refractivity contribution in [3.8, 4) is 0 Å². The second-order valence-corrected chi connectivity index (χ2v) is 5.15. The largest absolute Gasteiger partial charge is 0.461 e. The lowest BCUT2D eigenvalue weighted by atomic mass is 10.1. The van der Waals surface area contributed by atoms with E-state index in [0.29, 0.717) is 11.9 Å². The van der Waals surface area contributed by atoms with E-state index in [2.05, 4.69) is 10.6 Å². The molecule has 0 saturated heterocycles. The van der Waals surface area contributed by atoms with Crippen molar-refractivity contribution in [2.24, 2.45) is 0 Å². The molecule has 1 rings (SSSR count). The molecule has 0 unspecified atom stereocenters. The second kappa shape index (κ2) is 9.34. The number of benzene rings is 1. The average molecular weight is 319 g/mol. The predicted molar refractivity (Wildman–Crippen MR) is 86.6 cm³/mol. The molecule has 0 aliphatic carbocycles. The first-order valence-corrected chi connectivity index (χ1v) is 7.28. The molecule has 3 N–H and O–H groups in total. The molecule has 124 valence electrons. The Hall–Kier alpha value is -2.70. The minimum absolute atomic E-state index is 0.0209. The van der Waals surface area contributed by atoms with E-state index in [4.69, 9.17) is 10.1 Å². The number of hydrogen-bond donors (Lipinski definition) is 3. The van der Waals surface area contributed by atoms with Crippen LogP contribution in [0.25, 0.3) is 0 Å². The quantitative estimate of drug-likeness (QED) is 0.504. The summed E-state index contributed by atoms with van der Waals surface area (Å²) < 4.78 is 5.08. The third-order valence-corrected chi connectivity index (χ3v) is 2.81. The van der Waals surface area contributed by atoms with Crippen LogP contribution >= 0.6 is 0 Å². The number of ether oxygens (including phenoxy) is 1. The normalized spacial score (nSPS) is 11.4. The molecule has 1 aromatic carbocycles. The van der Waals surface area contributed by atoms with Gasteiger partial charge < -0.3 is 20.8 Å². The molecule has 0 spiro atoms. The Bertz CT molecular complexity index is 558. The third kappa shape index (κ3) is 7.21. The molecule has 0 aliphatic rings. The van der Waals surface area contributed by atoms with Gasteiger partial charge in [-0.1, -0.05) is 18.2 Å². The zero-order chi connectivity index (χ0) is 17.2. The van der Waals surface area contributed by atoms with Crippen LogP contribution in [0.15, 0.2) is 30.3 Å². The number of anilines is 1. The van der Waals surface area contributed by atoms with Crippen LogP contribution in [0.5, 0.6) is 0 Å². The van der Waals surface area contributed by atoms with Crippen LogP contribution in [-0.4, -0.2) is 36.1 Å². The molecule has 1 atom stereocenters. The first kappa shape index (κ1) is 18.3. The van der Waals surface area contributed by atoms with Crippen molar-refractivity contribution in [2.75, 3.05) is 5.32 Å². The summed E-state index contributed by atoms with van der Waals surface area (Å²) in [6.45, 7) is 3.39. The van der Waals surface area contributed by atoms with Crippen LogP contribution in [0, 0.1) is 5.41 Å². The van der Waals surface area contributed by atoms with Gasteiger partial charge in [0.15, 0.2) is 5.78 Å². The van der Waals surface area contributed by atoms with Crippen LogP contribution in [-0.2, 0) is 14.3 Å². The highest BCUT2D eigenvalue weighted by atomic mass is 16.5. The van der Waals surface area contributed by atoms with Crippen molar-refractivity contribution < 1.29 is 19.1 Å². The molecule has 23 heavy (non-hydrogen) atoms. The summed E-state index contributed by atoms with van der Waals surface area (Å²) >= 11 is 0. The van der Waals surface area contributed by atoms with E-state index in [0.717, 1.165) is 0 Å². The third-order valence-electron chi connectivity index (χ3n) is 2.81. The molecule has 0 aromatic heterocycles. The van der Waals surface area contributed by atoms with Gasteiger partial charge in [-0.3, -0.25) is 4.79 Å². The van der Waals surface area contributed by atoms with Crippen LogP contribution in [0.2, 0.25) is 0 Å². The molecule has 2 amide bonds. The lowest BCUT2D eigenvalue weighted by Gasteiger charge is -2.19. The van der Waals surface area contributed by atoms with Crippen molar-refractivity contribution in [1.82, 2.24) is 5.32 Å². The van der Waals surface area contributed by atoms with Gasteiger partial charge in [0.2, 0.25) is 0 Å². The monoisotopic (exact) mass is 319 g/mol. The van der Waals surface area contributed by atoms with E-state index < -0.39 is 23.8 Å². The lowest BCUT2D eigenvalue weighted by molar-refractivity contribution is -0.149. The minimum Gasteiger partial charge on any atom is -0.461 e. The molecule has 0 bridgehead atoms. The Balaban J connectivity index is 2.66. The number of ketones is 1. The molecule has 7 heteroatoms. The predicted octanol–water partition coefficient (Wildman–Crippen LogP) is 2.13. The molecular formula is C16H21N3O4. The molecule has 0 saturated carbocycles. The van der Waals surface area contributed by atoms with Crippen LogP contribution in [0.3, 0.4) is 0 Å². The molecule has 0 fully saturated rings. The van der Waals surface area contributed by atoms with Gasteiger partial charge in [-0.25, -0.2) is 9.59 Å². The summed E-state index contributed by atoms with van der Waals surface area (Å²) in [6.07, 6.45) is 0.409. The number of esters is 1. The van der Waals surface area contributed by atoms with E-state index in [9.17, 15) is 14.4 Å². The molecule has 0 heterocycles. The Kier molecular flexibility index (Phi) is 7.45. The fraction of sp³-hybridized carbons (Fsp3) is 0.375. The van der Waals surface area contributed by atoms with E-state index in [1.165, 1.54) is 0 Å². The van der Waals surface area contributed by atoms with Crippen LogP contribution in [0.4, 0.5) is 10.5 Å². The maximum absolute atomic E-state index is 12.0. The summed E-state index contributed by atoms with van der Waals surface area (Å²) in [5.74, 6) is -1.03. The second-order valence-electron chi connectivity index (χ2n) is 5.15. The zero-order valence-electron chi connectivity index (χ0n) is 13.2. The summed E-state index contributed by atoms with van der Waals surface area (Å²) in [5, 5.41) is 12.0. The van der Waals surface area contributed by atoms with Gasteiger partial charge >= 0.3 is 12.0 Å². The number of nitrogens with one attached hydrogen (secondary N) is 3. The fourth-order valence-electron chi connectivity index (χ4n) is 1.77. The van der Waals surface area contributed by atoms with Crippen molar-refractivity contribution in [3.63, 3.8) is 0 Å². The first-order valence-electron chi connectivity index (χ1n) is 7.28. The van der Waals surface area contributed by atoms with Crippen LogP contribution in [0.1, 0.15) is 26.7 Å². The highest BCUT2D eigenvalue weighted by Gasteiger charge is 2.23. The number of para-hydroxylation sites is 1. The highest BCUT2D eigenvalue weighted by Crippen LogP contribution is 2.07. The number of amides is 2. The maximum Gasteiger partial charge on any atom is 0.328 e. The Morgan fingerprint density at radius 3 is 2.43 bits per heavy atom. The Morgan fingerprint density at radius 2 is 1.87 bits per heavy atom. The number of urea groups is 1. The molecular weight excluding hydrogens is 298 g/mol. The summed E-state index contributed by atoms with van der Waals surface area (Å²) in [4.78, 5) is 35.2. The number of hydrogen-bond acceptors (Lipinski definition) is 5. The van der Waals surface area contributed by atoms with Crippen molar-refractivity contribution in [3.05, 3.63) is 30.3 Å². The first-order chi connectivity index (χ1) is 10.9. The van der Waals surface area contributed by atoms with Gasteiger partial charge in [0.25, 0.3) is 0 Å². The van der Waals surface area contributed by atoms with Gasteiger partial charge in [0, 0.05) is 12.1 Å². The number of carbonyl (C=O) groups excluding carboxylic acids is 3. The van der Waals surface area contributed by atoms with Gasteiger partial charge in [-0.2, -0.15) is 0 Å². The molecule has 0 radical (unpaired) electrons. The van der Waals surface area contributed by atoms with E-state index in [-0.39, 0.29) is 18.9 Å². The lowest BCUT2D eigenvalue weighted by Crippen LogP contribution is -2.44. The molecule has 0 aliphatic heterocycles. The molecule has 7 nitrogen and oxygen atoms in total. The van der Waals surface area contributed by atoms with Gasteiger partial charge in [0.05, 0.1) is 12.3 Å². The number of Topliss-reactive ketones (excluding diaryl/α,β-unsaturated/α-hetero) is 1. The van der Waals surface area contributed by atoms with E-state index in [1.807, 2.05) is 6.07 Å². The van der Waals surface area contributed by atoms with Crippen molar-refractivity contribution in [2.45, 2.75) is 38.8 Å². The standard InChI is InChI=1S/C16H21N3O4/c1-11(2)23-15(21)14(9-8-13(20)10-17)19-16(22)18-12-6-4-3-5-7-12/h3-7,10-11,14,17H,8-9H2,1-2H3,(H2,18,19,22)/t14-/m0/s1. The van der Waals surface area contributed by atoms with Crippen LogP contribution < -0.4 is 10.6 Å². The smallest absolute Gasteiger partial charge is 0.328 e. The van der Waals surface area contributed by atoms with E-state index >= 15 is 0 Å². The topological polar surface area (TPSA) is 108 Å². The average Bonchev–Trinajstić information content (AvgIpc) is 2.51. The SMILES string of the molecule is CC(C)OC(=O)[C@H](CCC(=O)C=N)NC(=O)Nc1ccccc1. The Labute approximate surface area is 134 Å². The van der Waals surface area contributed by atoms with Gasteiger partial charge in [-0.05, 0) is 32.4 Å². The zero-order valence-corrected chi connectivity index (χ0v) is 13.2. The summed E-state index contributed by atoms with van der Waals surface area (Å²) in [7, 11) is 0. The maximum atomic E-state index is 12.0. The Morgan fingerprint density at radius 1 is 1.22 bits per heavy atom. The number of carbonyl (C=O) groups is 3. The van der Waals surface area contributed by atoms with Crippen molar-refractivity contribution >= 4 is 29.7 Å². The summed E-state index contributed by atoms with van der Waals surface area (Å²) in [5.41, 5.74) is 0.580. The van der Waals surface area contributed by atoms with Gasteiger partial charge in [-0.15, -0.1) is 0 Å². The highest BCUT2D eigenvalue weighted by molar-refractivity contribution is 6.26. The molecule has 1 aromatic rings.